The van der Waals surface area contributed by atoms with Crippen LogP contribution in [0.2, 0.25) is 0 Å². The highest BCUT2D eigenvalue weighted by atomic mass is 32.2. The number of aromatic nitrogens is 2. The van der Waals surface area contributed by atoms with E-state index < -0.39 is 49.4 Å². The Hall–Kier alpha value is -4.30. The number of carbonyl (C=O) groups is 1. The Balaban J connectivity index is 1.73. The number of carbonyl (C=O) groups excluding carboxylic acids is 1. The van der Waals surface area contributed by atoms with Gasteiger partial charge in [0.15, 0.2) is 23.1 Å². The average Bonchev–Trinajstić information content (AvgIpc) is 2.79. The van der Waals surface area contributed by atoms with E-state index in [0.29, 0.717) is 11.6 Å². The smallest absolute Gasteiger partial charge is 0.261 e. The Labute approximate surface area is 185 Å². The van der Waals surface area contributed by atoms with Gasteiger partial charge in [-0.3, -0.25) is 14.5 Å². The van der Waals surface area contributed by atoms with Crippen LogP contribution in [0.5, 0.6) is 0 Å². The summed E-state index contributed by atoms with van der Waals surface area (Å²) >= 11 is 0. The second kappa shape index (κ2) is 8.33. The molecule has 0 saturated heterocycles. The fourth-order valence-corrected chi connectivity index (χ4v) is 4.09. The van der Waals surface area contributed by atoms with Crippen LogP contribution in [0.4, 0.5) is 18.9 Å². The second-order valence-corrected chi connectivity index (χ2v) is 8.46. The molecule has 1 N–H and O–H groups in total. The first-order chi connectivity index (χ1) is 15.7. The molecule has 0 spiro atoms. The number of nitrogens with zero attached hydrogens (tertiary/aromatic N) is 3. The molecule has 0 unspecified atom stereocenters. The van der Waals surface area contributed by atoms with E-state index in [9.17, 15) is 26.4 Å². The molecule has 0 bridgehead atoms. The largest absolute Gasteiger partial charge is 0.288 e. The zero-order chi connectivity index (χ0) is 23.8. The minimum Gasteiger partial charge on any atom is -0.288 e. The van der Waals surface area contributed by atoms with Gasteiger partial charge in [-0.15, -0.1) is 0 Å². The molecule has 0 amide bonds. The first-order valence-electron chi connectivity index (χ1n) is 9.17. The summed E-state index contributed by atoms with van der Waals surface area (Å²) in [5, 5.41) is 8.95. The lowest BCUT2D eigenvalue weighted by Gasteiger charge is -2.11. The minimum atomic E-state index is -4.35. The number of hydrogen-bond donors (Lipinski definition) is 1. The molecule has 4 aromatic rings. The summed E-state index contributed by atoms with van der Waals surface area (Å²) in [7, 11) is -4.35. The maximum Gasteiger partial charge on any atom is 0.261 e. The number of halogens is 3. The van der Waals surface area contributed by atoms with Crippen molar-refractivity contribution in [3.63, 3.8) is 0 Å². The molecule has 7 nitrogen and oxygen atoms in total. The number of nitrogens with one attached hydrogen (secondary N) is 1. The van der Waals surface area contributed by atoms with Gasteiger partial charge in [-0.25, -0.2) is 26.6 Å². The number of rotatable bonds is 5. The molecule has 1 aromatic heterocycles. The summed E-state index contributed by atoms with van der Waals surface area (Å²) in [6, 6.07) is 11.3. The standard InChI is InChI=1S/C22H11F3N4O3S/c23-13-2-1-3-16(7-13)33(31,32)29-14-8-17(21(25)18(24)9-14)22(30)12-4-5-19-20(6-12)28-15(10-26)11-27-19/h1-9,11,29H. The van der Waals surface area contributed by atoms with Crippen molar-refractivity contribution in [2.75, 3.05) is 4.72 Å². The zero-order valence-corrected chi connectivity index (χ0v) is 17.2. The highest BCUT2D eigenvalue weighted by Gasteiger charge is 2.22. The minimum absolute atomic E-state index is 0.00178. The highest BCUT2D eigenvalue weighted by molar-refractivity contribution is 7.92. The van der Waals surface area contributed by atoms with Crippen LogP contribution in [-0.2, 0) is 10.0 Å². The fraction of sp³-hybridized carbons (Fsp3) is 0. The number of sulfonamides is 1. The van der Waals surface area contributed by atoms with Crippen molar-refractivity contribution in [1.82, 2.24) is 9.97 Å². The van der Waals surface area contributed by atoms with E-state index in [0.717, 1.165) is 24.3 Å². The molecule has 164 valence electrons. The lowest BCUT2D eigenvalue weighted by Crippen LogP contribution is -2.15. The number of nitriles is 1. The molecule has 0 fully saturated rings. The van der Waals surface area contributed by atoms with Gasteiger partial charge in [0.1, 0.15) is 11.9 Å². The molecule has 0 radical (unpaired) electrons. The van der Waals surface area contributed by atoms with Crippen molar-refractivity contribution in [2.24, 2.45) is 0 Å². The van der Waals surface area contributed by atoms with E-state index in [-0.39, 0.29) is 16.8 Å². The predicted octanol–water partition coefficient (Wildman–Crippen LogP) is 3.95. The van der Waals surface area contributed by atoms with Crippen LogP contribution in [0.1, 0.15) is 21.6 Å². The molecule has 0 aliphatic heterocycles. The van der Waals surface area contributed by atoms with Crippen molar-refractivity contribution >= 4 is 32.5 Å². The van der Waals surface area contributed by atoms with E-state index in [4.69, 9.17) is 5.26 Å². The van der Waals surface area contributed by atoms with Crippen LogP contribution in [-0.4, -0.2) is 24.2 Å². The number of hydrogen-bond acceptors (Lipinski definition) is 6. The van der Waals surface area contributed by atoms with Crippen molar-refractivity contribution in [2.45, 2.75) is 4.90 Å². The number of fused-ring (bicyclic) bond motifs is 1. The lowest BCUT2D eigenvalue weighted by molar-refractivity contribution is 0.103. The molecular weight excluding hydrogens is 457 g/mol. The van der Waals surface area contributed by atoms with E-state index >= 15 is 0 Å². The lowest BCUT2D eigenvalue weighted by atomic mass is 10.0. The van der Waals surface area contributed by atoms with E-state index in [1.165, 1.54) is 30.5 Å². The average molecular weight is 468 g/mol. The third-order valence-electron chi connectivity index (χ3n) is 4.55. The first-order valence-corrected chi connectivity index (χ1v) is 10.7. The van der Waals surface area contributed by atoms with Crippen molar-refractivity contribution in [3.05, 3.63) is 95.1 Å². The van der Waals surface area contributed by atoms with Crippen molar-refractivity contribution < 1.29 is 26.4 Å². The van der Waals surface area contributed by atoms with Crippen LogP contribution < -0.4 is 4.72 Å². The molecule has 1 heterocycles. The van der Waals surface area contributed by atoms with E-state index in [1.807, 2.05) is 4.72 Å². The summed E-state index contributed by atoms with van der Waals surface area (Å²) in [5.41, 5.74) is -0.712. The Kier molecular flexibility index (Phi) is 5.53. The van der Waals surface area contributed by atoms with E-state index in [2.05, 4.69) is 9.97 Å². The van der Waals surface area contributed by atoms with Crippen LogP contribution in [0.15, 0.2) is 65.7 Å². The van der Waals surface area contributed by atoms with Crippen LogP contribution >= 0.6 is 0 Å². The van der Waals surface area contributed by atoms with Gasteiger partial charge in [-0.2, -0.15) is 5.26 Å². The highest BCUT2D eigenvalue weighted by Crippen LogP contribution is 2.25. The normalized spacial score (nSPS) is 11.2. The van der Waals surface area contributed by atoms with E-state index in [1.54, 1.807) is 6.07 Å². The molecule has 3 aromatic carbocycles. The Morgan fingerprint density at radius 1 is 1.00 bits per heavy atom. The van der Waals surface area contributed by atoms with Gasteiger partial charge in [0.2, 0.25) is 0 Å². The Morgan fingerprint density at radius 3 is 2.52 bits per heavy atom. The monoisotopic (exact) mass is 468 g/mol. The van der Waals surface area contributed by atoms with Crippen molar-refractivity contribution in [3.8, 4) is 6.07 Å². The van der Waals surface area contributed by atoms with Gasteiger partial charge < -0.3 is 0 Å². The van der Waals surface area contributed by atoms with Gasteiger partial charge >= 0.3 is 0 Å². The molecule has 0 aliphatic rings. The second-order valence-electron chi connectivity index (χ2n) is 6.78. The van der Waals surface area contributed by atoms with Gasteiger partial charge in [0.25, 0.3) is 10.0 Å². The molecule has 0 aliphatic carbocycles. The third-order valence-corrected chi connectivity index (χ3v) is 5.93. The summed E-state index contributed by atoms with van der Waals surface area (Å²) in [4.78, 5) is 20.5. The van der Waals surface area contributed by atoms with Gasteiger partial charge in [0.05, 0.1) is 33.4 Å². The summed E-state index contributed by atoms with van der Waals surface area (Å²) in [6.45, 7) is 0. The van der Waals surface area contributed by atoms with Gasteiger partial charge in [0, 0.05) is 11.6 Å². The van der Waals surface area contributed by atoms with Crippen LogP contribution in [0, 0.1) is 28.8 Å². The van der Waals surface area contributed by atoms with Gasteiger partial charge in [-0.1, -0.05) is 6.07 Å². The maximum absolute atomic E-state index is 14.5. The molecule has 0 saturated carbocycles. The predicted molar refractivity (Wildman–Crippen MR) is 111 cm³/mol. The van der Waals surface area contributed by atoms with Gasteiger partial charge in [-0.05, 0) is 42.5 Å². The van der Waals surface area contributed by atoms with Crippen LogP contribution in [0.3, 0.4) is 0 Å². The molecule has 11 heteroatoms. The zero-order valence-electron chi connectivity index (χ0n) is 16.4. The molecule has 33 heavy (non-hydrogen) atoms. The molecular formula is C22H11F3N4O3S. The molecule has 0 atom stereocenters. The summed E-state index contributed by atoms with van der Waals surface area (Å²) < 4.78 is 69.1. The summed E-state index contributed by atoms with van der Waals surface area (Å²) in [6.07, 6.45) is 1.24. The van der Waals surface area contributed by atoms with Crippen molar-refractivity contribution in [1.29, 1.82) is 5.26 Å². The molecule has 4 rings (SSSR count). The third kappa shape index (κ3) is 4.37. The Bertz CT molecular complexity index is 1580. The quantitative estimate of drug-likeness (QED) is 0.444. The number of ketones is 1. The number of anilines is 1. The first kappa shape index (κ1) is 21.9. The summed E-state index contributed by atoms with van der Waals surface area (Å²) in [5.74, 6) is -4.71. The topological polar surface area (TPSA) is 113 Å². The SMILES string of the molecule is N#Cc1cnc2ccc(C(=O)c3cc(NS(=O)(=O)c4cccc(F)c4)cc(F)c3F)cc2n1. The fourth-order valence-electron chi connectivity index (χ4n) is 3.02. The number of benzene rings is 3. The van der Waals surface area contributed by atoms with Crippen LogP contribution in [0.25, 0.3) is 11.0 Å². The Morgan fingerprint density at radius 2 is 1.79 bits per heavy atom. The maximum atomic E-state index is 14.5.